The highest BCUT2D eigenvalue weighted by Gasteiger charge is 2.36. The first-order chi connectivity index (χ1) is 8.97. The first-order valence-corrected chi connectivity index (χ1v) is 9.30. The van der Waals surface area contributed by atoms with Crippen molar-refractivity contribution in [2.24, 2.45) is 0 Å². The molecule has 0 spiro atoms. The average molecular weight is 413 g/mol. The van der Waals surface area contributed by atoms with Crippen molar-refractivity contribution in [3.8, 4) is 0 Å². The van der Waals surface area contributed by atoms with E-state index in [4.69, 9.17) is 4.74 Å². The summed E-state index contributed by atoms with van der Waals surface area (Å²) in [6.45, 7) is 1.16. The van der Waals surface area contributed by atoms with Crippen LogP contribution in [-0.4, -0.2) is 32.5 Å². The number of hydrogen-bond acceptors (Lipinski definition) is 3. The second-order valence-electron chi connectivity index (χ2n) is 4.59. The molecular weight excluding hydrogens is 398 g/mol. The van der Waals surface area contributed by atoms with Crippen LogP contribution < -0.4 is 4.72 Å². The van der Waals surface area contributed by atoms with Crippen molar-refractivity contribution < 1.29 is 13.2 Å². The Morgan fingerprint density at radius 2 is 1.79 bits per heavy atom. The number of nitrogens with one attached hydrogen (secondary N) is 1. The summed E-state index contributed by atoms with van der Waals surface area (Å²) in [6.07, 6.45) is 1.35. The molecule has 0 aromatic heterocycles. The number of sulfonamides is 1. The van der Waals surface area contributed by atoms with Gasteiger partial charge < -0.3 is 4.74 Å². The van der Waals surface area contributed by atoms with Crippen molar-refractivity contribution in [3.05, 3.63) is 28.7 Å². The van der Waals surface area contributed by atoms with E-state index in [1.807, 2.05) is 0 Å². The molecule has 19 heavy (non-hydrogen) atoms. The van der Waals surface area contributed by atoms with Gasteiger partial charge in [0.05, 0.1) is 4.90 Å². The third-order valence-electron chi connectivity index (χ3n) is 3.18. The van der Waals surface area contributed by atoms with Gasteiger partial charge >= 0.3 is 0 Å². The zero-order chi connectivity index (χ0) is 13.9. The molecule has 0 atom stereocenters. The molecular formula is C12H15Br2NO3S. The van der Waals surface area contributed by atoms with E-state index in [-0.39, 0.29) is 4.90 Å². The molecule has 0 aliphatic carbocycles. The predicted molar refractivity (Wildman–Crippen MR) is 81.0 cm³/mol. The topological polar surface area (TPSA) is 55.4 Å². The van der Waals surface area contributed by atoms with E-state index >= 15 is 0 Å². The van der Waals surface area contributed by atoms with Crippen molar-refractivity contribution in [3.63, 3.8) is 0 Å². The fourth-order valence-electron chi connectivity index (χ4n) is 1.98. The lowest BCUT2D eigenvalue weighted by atomic mass is 9.94. The molecule has 1 aromatic carbocycles. The Bertz CT molecular complexity index is 524. The molecule has 0 radical (unpaired) electrons. The van der Waals surface area contributed by atoms with Crippen LogP contribution in [0.1, 0.15) is 12.8 Å². The number of ether oxygens (including phenoxy) is 1. The van der Waals surface area contributed by atoms with E-state index in [0.29, 0.717) is 31.4 Å². The molecule has 0 unspecified atom stereocenters. The summed E-state index contributed by atoms with van der Waals surface area (Å²) >= 11 is 6.71. The van der Waals surface area contributed by atoms with Gasteiger partial charge in [-0.25, -0.2) is 13.1 Å². The summed E-state index contributed by atoms with van der Waals surface area (Å²) in [5, 5.41) is 0.582. The molecule has 1 heterocycles. The Morgan fingerprint density at radius 3 is 2.32 bits per heavy atom. The van der Waals surface area contributed by atoms with Gasteiger partial charge in [0, 0.05) is 28.6 Å². The maximum Gasteiger partial charge on any atom is 0.241 e. The van der Waals surface area contributed by atoms with Crippen LogP contribution in [0.15, 0.2) is 33.6 Å². The van der Waals surface area contributed by atoms with Crippen LogP contribution in [0.4, 0.5) is 0 Å². The molecule has 1 fully saturated rings. The second-order valence-corrected chi connectivity index (χ2v) is 7.74. The lowest BCUT2D eigenvalue weighted by molar-refractivity contribution is 0.0557. The third-order valence-corrected chi connectivity index (χ3v) is 6.38. The van der Waals surface area contributed by atoms with Crippen molar-refractivity contribution in [1.82, 2.24) is 4.72 Å². The Balaban J connectivity index is 2.22. The lowest BCUT2D eigenvalue weighted by Gasteiger charge is -2.36. The molecule has 1 aliphatic heterocycles. The standard InChI is InChI=1S/C12H15Br2NO3S/c13-9-12(5-7-18-8-6-12)15-19(16,17)11-3-1-10(14)2-4-11/h1-4,15H,5-9H2. The van der Waals surface area contributed by atoms with Crippen molar-refractivity contribution >= 4 is 41.9 Å². The monoisotopic (exact) mass is 411 g/mol. The van der Waals surface area contributed by atoms with Crippen LogP contribution >= 0.6 is 31.9 Å². The van der Waals surface area contributed by atoms with Crippen molar-refractivity contribution in [2.45, 2.75) is 23.3 Å². The predicted octanol–water partition coefficient (Wildman–Crippen LogP) is 2.67. The highest BCUT2D eigenvalue weighted by atomic mass is 79.9. The summed E-state index contributed by atoms with van der Waals surface area (Å²) in [6, 6.07) is 6.63. The maximum absolute atomic E-state index is 12.4. The molecule has 0 saturated carbocycles. The summed E-state index contributed by atoms with van der Waals surface area (Å²) in [5.74, 6) is 0. The van der Waals surface area contributed by atoms with Gasteiger partial charge in [0.1, 0.15) is 0 Å². The Morgan fingerprint density at radius 1 is 1.21 bits per heavy atom. The average Bonchev–Trinajstić information content (AvgIpc) is 2.40. The zero-order valence-electron chi connectivity index (χ0n) is 10.2. The van der Waals surface area contributed by atoms with Gasteiger partial charge in [-0.1, -0.05) is 31.9 Å². The molecule has 7 heteroatoms. The van der Waals surface area contributed by atoms with Crippen molar-refractivity contribution in [2.75, 3.05) is 18.5 Å². The van der Waals surface area contributed by atoms with Crippen LogP contribution in [-0.2, 0) is 14.8 Å². The van der Waals surface area contributed by atoms with Crippen LogP contribution in [0.25, 0.3) is 0 Å². The van der Waals surface area contributed by atoms with E-state index in [0.717, 1.165) is 4.47 Å². The molecule has 1 aliphatic rings. The Kier molecular flexibility index (Phi) is 5.05. The Hall–Kier alpha value is 0.0500. The zero-order valence-corrected chi connectivity index (χ0v) is 14.2. The summed E-state index contributed by atoms with van der Waals surface area (Å²) in [5.41, 5.74) is -0.454. The Labute approximate surface area is 130 Å². The largest absolute Gasteiger partial charge is 0.381 e. The van der Waals surface area contributed by atoms with Gasteiger partial charge in [-0.15, -0.1) is 0 Å². The second kappa shape index (κ2) is 6.22. The van der Waals surface area contributed by atoms with Gasteiger partial charge in [-0.2, -0.15) is 0 Å². The summed E-state index contributed by atoms with van der Waals surface area (Å²) < 4.78 is 33.8. The number of hydrogen-bond donors (Lipinski definition) is 1. The molecule has 0 bridgehead atoms. The summed E-state index contributed by atoms with van der Waals surface area (Å²) in [4.78, 5) is 0.280. The fourth-order valence-corrected chi connectivity index (χ4v) is 4.59. The maximum atomic E-state index is 12.4. The highest BCUT2D eigenvalue weighted by Crippen LogP contribution is 2.26. The van der Waals surface area contributed by atoms with E-state index < -0.39 is 15.6 Å². The van der Waals surface area contributed by atoms with Gasteiger partial charge in [0.25, 0.3) is 0 Å². The minimum Gasteiger partial charge on any atom is -0.381 e. The van der Waals surface area contributed by atoms with E-state index in [1.54, 1.807) is 24.3 Å². The lowest BCUT2D eigenvalue weighted by Crippen LogP contribution is -2.53. The van der Waals surface area contributed by atoms with Crippen LogP contribution in [0.5, 0.6) is 0 Å². The third kappa shape index (κ3) is 3.78. The quantitative estimate of drug-likeness (QED) is 0.773. The molecule has 1 aromatic rings. The molecule has 0 amide bonds. The van der Waals surface area contributed by atoms with Crippen LogP contribution in [0.3, 0.4) is 0 Å². The van der Waals surface area contributed by atoms with E-state index in [9.17, 15) is 8.42 Å². The first kappa shape index (κ1) is 15.4. The number of benzene rings is 1. The van der Waals surface area contributed by atoms with Crippen molar-refractivity contribution in [1.29, 1.82) is 0 Å². The van der Waals surface area contributed by atoms with Gasteiger partial charge in [-0.3, -0.25) is 0 Å². The molecule has 4 nitrogen and oxygen atoms in total. The number of halogens is 2. The van der Waals surface area contributed by atoms with Gasteiger partial charge in [0.15, 0.2) is 0 Å². The smallest absolute Gasteiger partial charge is 0.241 e. The first-order valence-electron chi connectivity index (χ1n) is 5.91. The minimum absolute atomic E-state index is 0.280. The van der Waals surface area contributed by atoms with E-state index in [1.165, 1.54) is 0 Å². The van der Waals surface area contributed by atoms with Gasteiger partial charge in [0.2, 0.25) is 10.0 Å². The van der Waals surface area contributed by atoms with Crippen LogP contribution in [0.2, 0.25) is 0 Å². The fraction of sp³-hybridized carbons (Fsp3) is 0.500. The van der Waals surface area contributed by atoms with Crippen LogP contribution in [0, 0.1) is 0 Å². The number of alkyl halides is 1. The normalized spacial score (nSPS) is 19.3. The highest BCUT2D eigenvalue weighted by molar-refractivity contribution is 9.10. The molecule has 2 rings (SSSR count). The molecule has 1 N–H and O–H groups in total. The number of rotatable bonds is 4. The SMILES string of the molecule is O=S(=O)(NC1(CBr)CCOCC1)c1ccc(Br)cc1. The molecule has 1 saturated heterocycles. The van der Waals surface area contributed by atoms with Gasteiger partial charge in [-0.05, 0) is 37.1 Å². The van der Waals surface area contributed by atoms with E-state index in [2.05, 4.69) is 36.6 Å². The molecule has 106 valence electrons. The minimum atomic E-state index is -3.50. The summed E-state index contributed by atoms with van der Waals surface area (Å²) in [7, 11) is -3.50.